The Morgan fingerprint density at radius 1 is 1.06 bits per heavy atom. The van der Waals surface area contributed by atoms with Gasteiger partial charge in [-0.15, -0.1) is 0 Å². The number of aromatic nitrogens is 3. The van der Waals surface area contributed by atoms with E-state index in [1.165, 1.54) is 12.7 Å². The number of benzene rings is 2. The van der Waals surface area contributed by atoms with E-state index in [0.717, 1.165) is 6.42 Å². The maximum Gasteiger partial charge on any atom is 0.321 e. The number of likely N-dealkylation sites (N-methyl/N-ethyl adjacent to an activating group) is 1. The molecule has 0 radical (unpaired) electrons. The van der Waals surface area contributed by atoms with E-state index in [0.29, 0.717) is 40.9 Å². The molecular formula is C26H27N7O3. The van der Waals surface area contributed by atoms with Crippen LogP contribution < -0.4 is 21.1 Å². The van der Waals surface area contributed by atoms with E-state index in [1.807, 2.05) is 30.3 Å². The molecule has 0 saturated heterocycles. The Hall–Kier alpha value is -4.86. The van der Waals surface area contributed by atoms with Crippen molar-refractivity contribution in [3.63, 3.8) is 0 Å². The Bertz CT molecular complexity index is 1340. The van der Waals surface area contributed by atoms with Crippen LogP contribution in [0.15, 0.2) is 72.9 Å². The average molecular weight is 486 g/mol. The number of nitrogens with two attached hydrogens (primary N) is 1. The monoisotopic (exact) mass is 485 g/mol. The molecule has 4 aromatic rings. The van der Waals surface area contributed by atoms with Crippen LogP contribution in [0.5, 0.6) is 5.88 Å². The molecule has 2 aromatic heterocycles. The van der Waals surface area contributed by atoms with Gasteiger partial charge in [0.1, 0.15) is 17.1 Å². The van der Waals surface area contributed by atoms with Gasteiger partial charge in [-0.3, -0.25) is 9.89 Å². The Labute approximate surface area is 208 Å². The van der Waals surface area contributed by atoms with Gasteiger partial charge in [-0.2, -0.15) is 5.10 Å². The number of ether oxygens (including phenoxy) is 1. The number of methoxy groups -OCH3 is 1. The van der Waals surface area contributed by atoms with E-state index in [1.54, 1.807) is 54.5 Å². The van der Waals surface area contributed by atoms with Crippen LogP contribution in [-0.2, 0) is 6.42 Å². The summed E-state index contributed by atoms with van der Waals surface area (Å²) in [6.45, 7) is 0.586. The molecule has 0 atom stereocenters. The van der Waals surface area contributed by atoms with Gasteiger partial charge >= 0.3 is 6.03 Å². The Balaban J connectivity index is 1.44. The zero-order chi connectivity index (χ0) is 25.5. The number of rotatable bonds is 9. The Morgan fingerprint density at radius 3 is 2.50 bits per heavy atom. The third-order valence-corrected chi connectivity index (χ3v) is 5.56. The molecule has 3 amide bonds. The smallest absolute Gasteiger partial charge is 0.321 e. The van der Waals surface area contributed by atoms with Crippen molar-refractivity contribution in [2.45, 2.75) is 6.42 Å². The van der Waals surface area contributed by atoms with Crippen molar-refractivity contribution in [3.8, 4) is 17.1 Å². The number of anilines is 3. The number of nitrogens with zero attached hydrogens (tertiary/aromatic N) is 3. The number of hydrogen-bond acceptors (Lipinski definition) is 6. The molecule has 0 aliphatic rings. The van der Waals surface area contributed by atoms with Crippen LogP contribution in [0.4, 0.5) is 22.0 Å². The van der Waals surface area contributed by atoms with Crippen molar-refractivity contribution in [1.29, 1.82) is 0 Å². The highest BCUT2D eigenvalue weighted by Crippen LogP contribution is 2.29. The fourth-order valence-electron chi connectivity index (χ4n) is 3.60. The summed E-state index contributed by atoms with van der Waals surface area (Å²) in [7, 11) is 3.27. The number of primary amides is 1. The van der Waals surface area contributed by atoms with Crippen LogP contribution in [0.25, 0.3) is 11.3 Å². The first kappa shape index (κ1) is 24.3. The first-order valence-corrected chi connectivity index (χ1v) is 11.3. The topological polar surface area (TPSA) is 138 Å². The van der Waals surface area contributed by atoms with Gasteiger partial charge < -0.3 is 26.0 Å². The van der Waals surface area contributed by atoms with Gasteiger partial charge in [0.25, 0.3) is 5.91 Å². The largest absolute Gasteiger partial charge is 0.481 e. The molecule has 5 N–H and O–H groups in total. The van der Waals surface area contributed by atoms with Gasteiger partial charge in [0.15, 0.2) is 0 Å². The number of amides is 3. The summed E-state index contributed by atoms with van der Waals surface area (Å²) in [5.41, 5.74) is 9.37. The standard InChI is InChI=1S/C26H27N7O3/c1-33(15-13-17-6-4-3-5-7-17)26(35)30-19-10-8-18(9-11-19)23-22(24(27)34)25(32-31-23)29-20-12-14-28-21(16-20)36-2/h3-12,14,16H,13,15H2,1-2H3,(H2,27,34)(H,30,35)(H2,28,29,31,32). The van der Waals surface area contributed by atoms with Gasteiger partial charge in [0, 0.05) is 42.8 Å². The Morgan fingerprint density at radius 2 is 1.81 bits per heavy atom. The number of aromatic amines is 1. The summed E-state index contributed by atoms with van der Waals surface area (Å²) in [6, 6.07) is 20.2. The Kier molecular flexibility index (Phi) is 7.45. The quantitative estimate of drug-likeness (QED) is 0.282. The molecule has 0 spiro atoms. The SMILES string of the molecule is COc1cc(Nc2[nH]nc(-c3ccc(NC(=O)N(C)CCc4ccccc4)cc3)c2C(N)=O)ccn1. The second kappa shape index (κ2) is 11.0. The van der Waals surface area contributed by atoms with Crippen molar-refractivity contribution < 1.29 is 14.3 Å². The molecule has 0 aliphatic heterocycles. The highest BCUT2D eigenvalue weighted by atomic mass is 16.5. The number of urea groups is 1. The van der Waals surface area contributed by atoms with Crippen LogP contribution in [0.3, 0.4) is 0 Å². The predicted molar refractivity (Wildman–Crippen MR) is 138 cm³/mol. The average Bonchev–Trinajstić information content (AvgIpc) is 3.32. The zero-order valence-electron chi connectivity index (χ0n) is 20.0. The maximum atomic E-state index is 12.6. The van der Waals surface area contributed by atoms with E-state index in [2.05, 4.69) is 25.8 Å². The van der Waals surface area contributed by atoms with Gasteiger partial charge in [0.2, 0.25) is 5.88 Å². The van der Waals surface area contributed by atoms with Crippen LogP contribution >= 0.6 is 0 Å². The minimum atomic E-state index is -0.639. The molecule has 0 bridgehead atoms. The minimum Gasteiger partial charge on any atom is -0.481 e. The van der Waals surface area contributed by atoms with Crippen LogP contribution in [0, 0.1) is 0 Å². The lowest BCUT2D eigenvalue weighted by atomic mass is 10.1. The normalized spacial score (nSPS) is 10.5. The molecule has 10 heteroatoms. The van der Waals surface area contributed by atoms with E-state index >= 15 is 0 Å². The molecule has 0 fully saturated rings. The number of carbonyl (C=O) groups excluding carboxylic acids is 2. The summed E-state index contributed by atoms with van der Waals surface area (Å²) in [5, 5.41) is 13.1. The van der Waals surface area contributed by atoms with Gasteiger partial charge in [-0.25, -0.2) is 9.78 Å². The second-order valence-electron chi connectivity index (χ2n) is 8.06. The molecule has 0 unspecified atom stereocenters. The van der Waals surface area contributed by atoms with Crippen molar-refractivity contribution in [2.75, 3.05) is 31.3 Å². The van der Waals surface area contributed by atoms with Crippen LogP contribution in [0.2, 0.25) is 0 Å². The lowest BCUT2D eigenvalue weighted by molar-refractivity contribution is 0.100. The third kappa shape index (κ3) is 5.79. The van der Waals surface area contributed by atoms with Crippen LogP contribution in [-0.4, -0.2) is 52.7 Å². The number of H-pyrrole nitrogens is 1. The fourth-order valence-corrected chi connectivity index (χ4v) is 3.60. The summed E-state index contributed by atoms with van der Waals surface area (Å²) in [5.74, 6) is 0.131. The number of hydrogen-bond donors (Lipinski definition) is 4. The van der Waals surface area contributed by atoms with E-state index in [9.17, 15) is 9.59 Å². The highest BCUT2D eigenvalue weighted by molar-refractivity contribution is 6.04. The minimum absolute atomic E-state index is 0.211. The van der Waals surface area contributed by atoms with Gasteiger partial charge in [-0.05, 0) is 30.2 Å². The molecule has 2 aromatic carbocycles. The molecule has 4 rings (SSSR count). The molecular weight excluding hydrogens is 458 g/mol. The highest BCUT2D eigenvalue weighted by Gasteiger charge is 2.20. The zero-order valence-corrected chi connectivity index (χ0v) is 20.0. The second-order valence-corrected chi connectivity index (χ2v) is 8.06. The van der Waals surface area contributed by atoms with E-state index in [4.69, 9.17) is 10.5 Å². The lowest BCUT2D eigenvalue weighted by Gasteiger charge is -2.18. The first-order valence-electron chi connectivity index (χ1n) is 11.3. The summed E-state index contributed by atoms with van der Waals surface area (Å²) >= 11 is 0. The number of carbonyl (C=O) groups is 2. The molecule has 10 nitrogen and oxygen atoms in total. The molecule has 184 valence electrons. The summed E-state index contributed by atoms with van der Waals surface area (Å²) in [4.78, 5) is 30.5. The summed E-state index contributed by atoms with van der Waals surface area (Å²) < 4.78 is 5.13. The van der Waals surface area contributed by atoms with E-state index < -0.39 is 5.91 Å². The van der Waals surface area contributed by atoms with Gasteiger partial charge in [0.05, 0.1) is 7.11 Å². The molecule has 0 saturated carbocycles. The molecule has 0 aliphatic carbocycles. The summed E-state index contributed by atoms with van der Waals surface area (Å²) in [6.07, 6.45) is 2.34. The van der Waals surface area contributed by atoms with Crippen molar-refractivity contribution in [3.05, 3.63) is 84.1 Å². The van der Waals surface area contributed by atoms with Gasteiger partial charge in [-0.1, -0.05) is 42.5 Å². The lowest BCUT2D eigenvalue weighted by Crippen LogP contribution is -2.32. The molecule has 36 heavy (non-hydrogen) atoms. The fraction of sp³-hybridized carbons (Fsp3) is 0.154. The predicted octanol–water partition coefficient (Wildman–Crippen LogP) is 4.03. The number of nitrogens with one attached hydrogen (secondary N) is 3. The maximum absolute atomic E-state index is 12.6. The van der Waals surface area contributed by atoms with Crippen molar-refractivity contribution in [2.24, 2.45) is 5.73 Å². The van der Waals surface area contributed by atoms with Crippen LogP contribution in [0.1, 0.15) is 15.9 Å². The van der Waals surface area contributed by atoms with Crippen molar-refractivity contribution in [1.82, 2.24) is 20.1 Å². The van der Waals surface area contributed by atoms with Crippen molar-refractivity contribution >= 4 is 29.1 Å². The number of pyridine rings is 1. The van der Waals surface area contributed by atoms with E-state index in [-0.39, 0.29) is 11.6 Å². The first-order chi connectivity index (χ1) is 17.4. The third-order valence-electron chi connectivity index (χ3n) is 5.56. The molecule has 2 heterocycles.